The molecule has 0 fully saturated rings. The van der Waals surface area contributed by atoms with Crippen molar-refractivity contribution in [2.45, 2.75) is 4.90 Å². The molecule has 108 valence electrons. The molecule has 1 amide bonds. The van der Waals surface area contributed by atoms with Gasteiger partial charge in [-0.1, -0.05) is 6.07 Å². The number of anilines is 2. The van der Waals surface area contributed by atoms with Gasteiger partial charge in [0.15, 0.2) is 0 Å². The molecule has 4 N–H and O–H groups in total. The number of carbonyl (C=O) groups excluding carboxylic acids is 1. The van der Waals surface area contributed by atoms with E-state index >= 15 is 0 Å². The summed E-state index contributed by atoms with van der Waals surface area (Å²) < 4.78 is 0. The molecule has 21 heavy (non-hydrogen) atoms. The van der Waals surface area contributed by atoms with Crippen LogP contribution in [0.3, 0.4) is 0 Å². The first-order valence-electron chi connectivity index (χ1n) is 6.16. The third-order valence-electron chi connectivity index (χ3n) is 2.64. The van der Waals surface area contributed by atoms with Gasteiger partial charge in [0.05, 0.1) is 11.3 Å². The van der Waals surface area contributed by atoms with Gasteiger partial charge in [0.1, 0.15) is 0 Å². The number of aromatic carboxylic acids is 1. The SMILES string of the molecule is Nc1cccc(SCC(=O)Nc2ccc(C(=O)O)cc2)c1. The fourth-order valence-corrected chi connectivity index (χ4v) is 2.41. The van der Waals surface area contributed by atoms with Crippen molar-refractivity contribution < 1.29 is 14.7 Å². The number of nitrogen functional groups attached to an aromatic ring is 1. The minimum Gasteiger partial charge on any atom is -0.478 e. The number of hydrogen-bond acceptors (Lipinski definition) is 4. The second-order valence-corrected chi connectivity index (χ2v) is 5.34. The predicted octanol–water partition coefficient (Wildman–Crippen LogP) is 2.70. The average Bonchev–Trinajstić information content (AvgIpc) is 2.46. The number of nitrogens with two attached hydrogens (primary N) is 1. The van der Waals surface area contributed by atoms with Crippen LogP contribution >= 0.6 is 11.8 Å². The fourth-order valence-electron chi connectivity index (χ4n) is 1.65. The summed E-state index contributed by atoms with van der Waals surface area (Å²) in [6, 6.07) is 13.3. The van der Waals surface area contributed by atoms with Crippen molar-refractivity contribution >= 4 is 35.0 Å². The van der Waals surface area contributed by atoms with Crippen LogP contribution in [0.1, 0.15) is 10.4 Å². The van der Waals surface area contributed by atoms with Gasteiger partial charge in [0.2, 0.25) is 5.91 Å². The molecule has 0 bridgehead atoms. The summed E-state index contributed by atoms with van der Waals surface area (Å²) in [6.07, 6.45) is 0. The maximum Gasteiger partial charge on any atom is 0.335 e. The Morgan fingerprint density at radius 3 is 2.48 bits per heavy atom. The summed E-state index contributed by atoms with van der Waals surface area (Å²) >= 11 is 1.38. The first-order chi connectivity index (χ1) is 10.0. The van der Waals surface area contributed by atoms with Crippen LogP contribution in [0.5, 0.6) is 0 Å². The number of hydrogen-bond donors (Lipinski definition) is 3. The number of carbonyl (C=O) groups is 2. The average molecular weight is 302 g/mol. The fraction of sp³-hybridized carbons (Fsp3) is 0.0667. The molecule has 0 spiro atoms. The van der Waals surface area contributed by atoms with Crippen molar-refractivity contribution in [1.82, 2.24) is 0 Å². The van der Waals surface area contributed by atoms with Gasteiger partial charge in [-0.05, 0) is 42.5 Å². The second-order valence-electron chi connectivity index (χ2n) is 4.29. The van der Waals surface area contributed by atoms with Gasteiger partial charge in [0, 0.05) is 16.3 Å². The Balaban J connectivity index is 1.88. The molecule has 0 saturated carbocycles. The van der Waals surface area contributed by atoms with Gasteiger partial charge in [-0.2, -0.15) is 0 Å². The molecule has 0 aromatic heterocycles. The van der Waals surface area contributed by atoms with Gasteiger partial charge in [0.25, 0.3) is 0 Å². The van der Waals surface area contributed by atoms with Crippen molar-refractivity contribution in [2.24, 2.45) is 0 Å². The third-order valence-corrected chi connectivity index (χ3v) is 3.64. The molecule has 0 unspecified atom stereocenters. The van der Waals surface area contributed by atoms with E-state index in [1.807, 2.05) is 12.1 Å². The highest BCUT2D eigenvalue weighted by molar-refractivity contribution is 8.00. The highest BCUT2D eigenvalue weighted by atomic mass is 32.2. The van der Waals surface area contributed by atoms with E-state index in [1.165, 1.54) is 23.9 Å². The zero-order valence-electron chi connectivity index (χ0n) is 11.1. The van der Waals surface area contributed by atoms with E-state index < -0.39 is 5.97 Å². The van der Waals surface area contributed by atoms with Gasteiger partial charge in [-0.25, -0.2) is 4.79 Å². The van der Waals surface area contributed by atoms with Crippen LogP contribution in [-0.2, 0) is 4.79 Å². The maximum absolute atomic E-state index is 11.8. The first-order valence-corrected chi connectivity index (χ1v) is 7.15. The number of rotatable bonds is 5. The molecule has 0 aliphatic heterocycles. The quantitative estimate of drug-likeness (QED) is 0.583. The monoisotopic (exact) mass is 302 g/mol. The lowest BCUT2D eigenvalue weighted by atomic mass is 10.2. The minimum absolute atomic E-state index is 0.162. The topological polar surface area (TPSA) is 92.4 Å². The van der Waals surface area contributed by atoms with E-state index in [9.17, 15) is 9.59 Å². The van der Waals surface area contributed by atoms with Gasteiger partial charge in [-0.15, -0.1) is 11.8 Å². The van der Waals surface area contributed by atoms with E-state index in [-0.39, 0.29) is 17.2 Å². The number of amides is 1. The van der Waals surface area contributed by atoms with Crippen LogP contribution in [0.4, 0.5) is 11.4 Å². The van der Waals surface area contributed by atoms with Crippen LogP contribution in [0.15, 0.2) is 53.4 Å². The Labute approximate surface area is 126 Å². The number of carboxylic acid groups (broad SMARTS) is 1. The summed E-state index contributed by atoms with van der Waals surface area (Å²) in [4.78, 5) is 23.5. The number of thioether (sulfide) groups is 1. The van der Waals surface area contributed by atoms with E-state index in [0.717, 1.165) is 4.90 Å². The van der Waals surface area contributed by atoms with Crippen molar-refractivity contribution in [2.75, 3.05) is 16.8 Å². The molecule has 0 radical (unpaired) electrons. The molecule has 5 nitrogen and oxygen atoms in total. The standard InChI is InChI=1S/C15H14N2O3S/c16-11-2-1-3-13(8-11)21-9-14(18)17-12-6-4-10(5-7-12)15(19)20/h1-8H,9,16H2,(H,17,18)(H,19,20). The van der Waals surface area contributed by atoms with E-state index in [0.29, 0.717) is 11.4 Å². The normalized spacial score (nSPS) is 10.1. The third kappa shape index (κ3) is 4.54. The summed E-state index contributed by atoms with van der Waals surface area (Å²) in [5.41, 5.74) is 7.07. The smallest absolute Gasteiger partial charge is 0.335 e. The van der Waals surface area contributed by atoms with Crippen LogP contribution in [0.25, 0.3) is 0 Å². The van der Waals surface area contributed by atoms with E-state index in [2.05, 4.69) is 5.32 Å². The zero-order valence-corrected chi connectivity index (χ0v) is 11.9. The number of benzene rings is 2. The van der Waals surface area contributed by atoms with E-state index in [4.69, 9.17) is 10.8 Å². The van der Waals surface area contributed by atoms with Crippen LogP contribution < -0.4 is 11.1 Å². The molecule has 0 saturated heterocycles. The Hall–Kier alpha value is -2.47. The van der Waals surface area contributed by atoms with Crippen molar-refractivity contribution in [3.05, 3.63) is 54.1 Å². The maximum atomic E-state index is 11.8. The highest BCUT2D eigenvalue weighted by Gasteiger charge is 2.06. The molecule has 2 rings (SSSR count). The second kappa shape index (κ2) is 6.81. The van der Waals surface area contributed by atoms with Crippen molar-refractivity contribution in [3.8, 4) is 0 Å². The van der Waals surface area contributed by atoms with Crippen LogP contribution in [-0.4, -0.2) is 22.7 Å². The summed E-state index contributed by atoms with van der Waals surface area (Å²) in [5.74, 6) is -0.903. The molecule has 0 heterocycles. The van der Waals surface area contributed by atoms with Gasteiger partial charge in [-0.3, -0.25) is 4.79 Å². The highest BCUT2D eigenvalue weighted by Crippen LogP contribution is 2.20. The zero-order chi connectivity index (χ0) is 15.2. The molecule has 0 aliphatic rings. The molecular weight excluding hydrogens is 288 g/mol. The molecule has 0 atom stereocenters. The largest absolute Gasteiger partial charge is 0.478 e. The Morgan fingerprint density at radius 2 is 1.86 bits per heavy atom. The summed E-state index contributed by atoms with van der Waals surface area (Å²) in [7, 11) is 0. The van der Waals surface area contributed by atoms with Crippen molar-refractivity contribution in [3.63, 3.8) is 0 Å². The summed E-state index contributed by atoms with van der Waals surface area (Å²) in [5, 5.41) is 11.5. The Morgan fingerprint density at radius 1 is 1.14 bits per heavy atom. The molecule has 6 heteroatoms. The van der Waals surface area contributed by atoms with Gasteiger partial charge >= 0.3 is 5.97 Å². The Bertz CT molecular complexity index is 656. The van der Waals surface area contributed by atoms with Crippen molar-refractivity contribution in [1.29, 1.82) is 0 Å². The van der Waals surface area contributed by atoms with Gasteiger partial charge < -0.3 is 16.2 Å². The van der Waals surface area contributed by atoms with Crippen LogP contribution in [0.2, 0.25) is 0 Å². The lowest BCUT2D eigenvalue weighted by Crippen LogP contribution is -2.14. The van der Waals surface area contributed by atoms with Crippen LogP contribution in [0, 0.1) is 0 Å². The minimum atomic E-state index is -0.995. The number of nitrogens with one attached hydrogen (secondary N) is 1. The Kier molecular flexibility index (Phi) is 4.84. The number of carboxylic acids is 1. The molecule has 0 aliphatic carbocycles. The predicted molar refractivity (Wildman–Crippen MR) is 83.6 cm³/mol. The first kappa shape index (κ1) is 14.9. The molecule has 2 aromatic rings. The summed E-state index contributed by atoms with van der Waals surface area (Å²) in [6.45, 7) is 0. The van der Waals surface area contributed by atoms with E-state index in [1.54, 1.807) is 24.3 Å². The lowest BCUT2D eigenvalue weighted by molar-refractivity contribution is -0.113. The molecule has 2 aromatic carbocycles. The molecular formula is C15H14N2O3S. The lowest BCUT2D eigenvalue weighted by Gasteiger charge is -2.06.